The minimum absolute atomic E-state index is 0.100. The van der Waals surface area contributed by atoms with Gasteiger partial charge in [0.05, 0.1) is 26.4 Å². The highest BCUT2D eigenvalue weighted by Crippen LogP contribution is 2.45. The van der Waals surface area contributed by atoms with Gasteiger partial charge in [0, 0.05) is 25.7 Å². The van der Waals surface area contributed by atoms with Crippen LogP contribution in [0.4, 0.5) is 0 Å². The molecule has 17 nitrogen and oxygen atoms in total. The number of aliphatic hydroxyl groups excluding tert-OH is 1. The molecular weight excluding hydrogens is 1090 g/mol. The first-order valence-corrected chi connectivity index (χ1v) is 35.7. The number of aliphatic hydroxyl groups is 1. The van der Waals surface area contributed by atoms with Crippen molar-refractivity contribution in [1.29, 1.82) is 0 Å². The van der Waals surface area contributed by atoms with Crippen LogP contribution in [0.15, 0.2) is 0 Å². The fraction of sp³-hybridized carbons (Fsp3) is 0.937. The predicted octanol–water partition coefficient (Wildman–Crippen LogP) is 17.0. The van der Waals surface area contributed by atoms with Crippen LogP contribution in [0.2, 0.25) is 0 Å². The minimum atomic E-state index is -4.94. The molecule has 0 amide bonds. The molecule has 3 N–H and O–H groups in total. The number of phosphoric acid groups is 2. The number of rotatable bonds is 60. The lowest BCUT2D eigenvalue weighted by Gasteiger charge is -2.21. The molecule has 0 saturated heterocycles. The van der Waals surface area contributed by atoms with Crippen LogP contribution in [-0.2, 0) is 65.4 Å². The van der Waals surface area contributed by atoms with E-state index in [2.05, 4.69) is 55.4 Å². The lowest BCUT2D eigenvalue weighted by molar-refractivity contribution is -0.161. The van der Waals surface area contributed by atoms with E-state index in [9.17, 15) is 43.2 Å². The van der Waals surface area contributed by atoms with E-state index in [-0.39, 0.29) is 25.7 Å². The topological polar surface area (TPSA) is 237 Å². The third-order valence-corrected chi connectivity index (χ3v) is 16.2. The summed E-state index contributed by atoms with van der Waals surface area (Å²) in [5.41, 5.74) is 0. The molecule has 486 valence electrons. The molecule has 0 fully saturated rings. The van der Waals surface area contributed by atoms with Gasteiger partial charge in [0.25, 0.3) is 0 Å². The van der Waals surface area contributed by atoms with E-state index in [1.807, 2.05) is 0 Å². The van der Waals surface area contributed by atoms with Crippen LogP contribution >= 0.6 is 15.6 Å². The van der Waals surface area contributed by atoms with Gasteiger partial charge >= 0.3 is 39.5 Å². The Morgan fingerprint density at radius 3 is 0.756 bits per heavy atom. The summed E-state index contributed by atoms with van der Waals surface area (Å²) in [6, 6.07) is 0. The Balaban J connectivity index is 5.24. The molecule has 5 atom stereocenters. The van der Waals surface area contributed by atoms with Gasteiger partial charge in [-0.2, -0.15) is 0 Å². The third-order valence-electron chi connectivity index (χ3n) is 14.3. The lowest BCUT2D eigenvalue weighted by Crippen LogP contribution is -2.30. The Morgan fingerprint density at radius 2 is 0.512 bits per heavy atom. The van der Waals surface area contributed by atoms with Gasteiger partial charge in [0.1, 0.15) is 19.3 Å². The van der Waals surface area contributed by atoms with Crippen molar-refractivity contribution in [3.8, 4) is 0 Å². The van der Waals surface area contributed by atoms with Gasteiger partial charge in [-0.05, 0) is 49.4 Å². The van der Waals surface area contributed by atoms with Crippen LogP contribution < -0.4 is 0 Å². The van der Waals surface area contributed by atoms with E-state index >= 15 is 0 Å². The molecule has 19 heteroatoms. The second-order valence-electron chi connectivity index (χ2n) is 24.7. The molecule has 0 aliphatic carbocycles. The Kier molecular flexibility index (Phi) is 52.0. The van der Waals surface area contributed by atoms with Crippen molar-refractivity contribution < 1.29 is 80.2 Å². The molecule has 0 rings (SSSR count). The molecule has 0 aromatic carbocycles. The zero-order valence-corrected chi connectivity index (χ0v) is 54.9. The van der Waals surface area contributed by atoms with E-state index < -0.39 is 97.5 Å². The maximum absolute atomic E-state index is 13.0. The Labute approximate surface area is 498 Å². The number of phosphoric ester groups is 2. The summed E-state index contributed by atoms with van der Waals surface area (Å²) in [6.07, 6.45) is 32.4. The molecule has 0 aromatic heterocycles. The van der Waals surface area contributed by atoms with Crippen LogP contribution in [0.25, 0.3) is 0 Å². The van der Waals surface area contributed by atoms with E-state index in [0.29, 0.717) is 37.5 Å². The summed E-state index contributed by atoms with van der Waals surface area (Å²) < 4.78 is 67.9. The number of carbonyl (C=O) groups excluding carboxylic acids is 4. The molecule has 0 bridgehead atoms. The van der Waals surface area contributed by atoms with Crippen LogP contribution in [0.1, 0.15) is 299 Å². The number of unbranched alkanes of at least 4 members (excludes halogenated alkanes) is 26. The van der Waals surface area contributed by atoms with Gasteiger partial charge in [-0.15, -0.1) is 0 Å². The zero-order chi connectivity index (χ0) is 61.1. The molecule has 2 unspecified atom stereocenters. The highest BCUT2D eigenvalue weighted by atomic mass is 31.2. The zero-order valence-electron chi connectivity index (χ0n) is 53.1. The first-order valence-electron chi connectivity index (χ1n) is 32.7. The van der Waals surface area contributed by atoms with Gasteiger partial charge in [-0.1, -0.05) is 248 Å². The van der Waals surface area contributed by atoms with Crippen LogP contribution in [0.5, 0.6) is 0 Å². The highest BCUT2D eigenvalue weighted by molar-refractivity contribution is 7.47. The second kappa shape index (κ2) is 53.3. The summed E-state index contributed by atoms with van der Waals surface area (Å²) >= 11 is 0. The van der Waals surface area contributed by atoms with E-state index in [0.717, 1.165) is 108 Å². The molecular formula is C63H122O17P2. The summed E-state index contributed by atoms with van der Waals surface area (Å²) in [5, 5.41) is 10.5. The Hall–Kier alpha value is -1.94. The average molecular weight is 1210 g/mol. The normalized spacial score (nSPS) is 14.5. The van der Waals surface area contributed by atoms with Gasteiger partial charge in [-0.3, -0.25) is 37.3 Å². The van der Waals surface area contributed by atoms with Crippen LogP contribution in [0.3, 0.4) is 0 Å². The van der Waals surface area contributed by atoms with Crippen molar-refractivity contribution in [3.05, 3.63) is 0 Å². The minimum Gasteiger partial charge on any atom is -0.462 e. The highest BCUT2D eigenvalue weighted by Gasteiger charge is 2.30. The van der Waals surface area contributed by atoms with Crippen molar-refractivity contribution in [1.82, 2.24) is 0 Å². The van der Waals surface area contributed by atoms with Crippen molar-refractivity contribution in [2.24, 2.45) is 23.7 Å². The van der Waals surface area contributed by atoms with Crippen LogP contribution in [-0.4, -0.2) is 96.7 Å². The van der Waals surface area contributed by atoms with Crippen molar-refractivity contribution in [3.63, 3.8) is 0 Å². The lowest BCUT2D eigenvalue weighted by atomic mass is 10.0. The fourth-order valence-electron chi connectivity index (χ4n) is 9.25. The first-order chi connectivity index (χ1) is 39.1. The maximum Gasteiger partial charge on any atom is 0.472 e. The first kappa shape index (κ1) is 80.1. The monoisotopic (exact) mass is 1210 g/mol. The van der Waals surface area contributed by atoms with E-state index in [1.54, 1.807) is 0 Å². The molecule has 0 aromatic rings. The fourth-order valence-corrected chi connectivity index (χ4v) is 10.8. The summed E-state index contributed by atoms with van der Waals surface area (Å²) in [7, 11) is -9.89. The molecule has 0 aliphatic rings. The SMILES string of the molecule is CC(C)CCCCCCCCCCCC(=O)OC[C@H](COP(=O)(O)OC[C@@H](O)COP(=O)(O)OC[C@@H](COC(=O)CCCCCCCCC(C)C)OC(=O)CCCCCCCCC(C)C)OC(=O)CCCCCCCCCCCC(C)C. The quantitative estimate of drug-likeness (QED) is 0.0222. The number of ether oxygens (including phenoxy) is 4. The Bertz CT molecular complexity index is 1640. The van der Waals surface area contributed by atoms with Gasteiger partial charge < -0.3 is 33.8 Å². The summed E-state index contributed by atoms with van der Waals surface area (Å²) in [4.78, 5) is 72.1. The van der Waals surface area contributed by atoms with Crippen molar-refractivity contribution in [2.45, 2.75) is 318 Å². The second-order valence-corrected chi connectivity index (χ2v) is 27.6. The molecule has 0 saturated carbocycles. The third kappa shape index (κ3) is 57.2. The van der Waals surface area contributed by atoms with E-state index in [1.165, 1.54) is 96.3 Å². The smallest absolute Gasteiger partial charge is 0.462 e. The number of hydrogen-bond donors (Lipinski definition) is 3. The number of hydrogen-bond acceptors (Lipinski definition) is 15. The molecule has 0 spiro atoms. The number of carbonyl (C=O) groups is 4. The van der Waals surface area contributed by atoms with Gasteiger partial charge in [0.15, 0.2) is 12.2 Å². The largest absolute Gasteiger partial charge is 0.472 e. The Morgan fingerprint density at radius 1 is 0.305 bits per heavy atom. The maximum atomic E-state index is 13.0. The van der Waals surface area contributed by atoms with Gasteiger partial charge in [-0.25, -0.2) is 9.13 Å². The average Bonchev–Trinajstić information content (AvgIpc) is 3.41. The molecule has 0 radical (unpaired) electrons. The van der Waals surface area contributed by atoms with Crippen molar-refractivity contribution in [2.75, 3.05) is 39.6 Å². The van der Waals surface area contributed by atoms with Gasteiger partial charge in [0.2, 0.25) is 0 Å². The summed E-state index contributed by atoms with van der Waals surface area (Å²) in [6.45, 7) is 13.9. The number of esters is 4. The van der Waals surface area contributed by atoms with Crippen LogP contribution in [0, 0.1) is 23.7 Å². The molecule has 82 heavy (non-hydrogen) atoms. The molecule has 0 aliphatic heterocycles. The molecule has 0 heterocycles. The van der Waals surface area contributed by atoms with E-state index in [4.69, 9.17) is 37.0 Å². The van der Waals surface area contributed by atoms with Crippen molar-refractivity contribution >= 4 is 39.5 Å². The summed E-state index contributed by atoms with van der Waals surface area (Å²) in [5.74, 6) is 0.683. The standard InChI is InChI=1S/C63H122O17P2/c1-53(2)39-31-23-15-11-9-13-17-27-35-43-60(65)73-49-58(79-62(67)45-37-29-18-14-10-12-16-24-32-40-54(3)4)51-77-81(69,70)75-47-57(64)48-76-82(71,72)78-52-59(80-63(68)46-38-30-22-20-26-34-42-56(7)8)50-74-61(66)44-36-28-21-19-25-33-41-55(5)6/h53-59,64H,9-52H2,1-8H3,(H,69,70)(H,71,72)/t57-,58-,59-/m1/s1. The predicted molar refractivity (Wildman–Crippen MR) is 326 cm³/mol.